The summed E-state index contributed by atoms with van der Waals surface area (Å²) in [6, 6.07) is 10.9. The molecule has 0 spiro atoms. The van der Waals surface area contributed by atoms with Gasteiger partial charge in [-0.3, -0.25) is 0 Å². The molecule has 1 heterocycles. The number of nitrogens with zero attached hydrogens (tertiary/aromatic N) is 2. The summed E-state index contributed by atoms with van der Waals surface area (Å²) in [5.74, 6) is 0.731. The van der Waals surface area contributed by atoms with E-state index in [1.165, 1.54) is 31.5 Å². The van der Waals surface area contributed by atoms with Crippen molar-refractivity contribution in [2.24, 2.45) is 5.92 Å². The minimum Gasteiger partial charge on any atom is -0.307 e. The summed E-state index contributed by atoms with van der Waals surface area (Å²) in [7, 11) is 2.21. The van der Waals surface area contributed by atoms with Crippen molar-refractivity contribution in [3.8, 4) is 6.07 Å². The molecule has 1 aliphatic rings. The number of nitrogens with one attached hydrogen (secondary N) is 1. The van der Waals surface area contributed by atoms with E-state index in [1.54, 1.807) is 0 Å². The van der Waals surface area contributed by atoms with E-state index < -0.39 is 0 Å². The lowest BCUT2D eigenvalue weighted by atomic mass is 9.91. The summed E-state index contributed by atoms with van der Waals surface area (Å²) in [4.78, 5) is 2.43. The van der Waals surface area contributed by atoms with Gasteiger partial charge < -0.3 is 10.2 Å². The molecule has 1 aromatic carbocycles. The van der Waals surface area contributed by atoms with E-state index >= 15 is 0 Å². The average Bonchev–Trinajstić information content (AvgIpc) is 2.47. The Labute approximate surface area is 122 Å². The van der Waals surface area contributed by atoms with Crippen LogP contribution in [0, 0.1) is 17.2 Å². The zero-order valence-electron chi connectivity index (χ0n) is 12.8. The van der Waals surface area contributed by atoms with Gasteiger partial charge in [0.05, 0.1) is 11.6 Å². The van der Waals surface area contributed by atoms with E-state index in [0.29, 0.717) is 12.1 Å². The molecule has 1 aromatic rings. The standard InChI is InChI=1S/C17H25N3/c1-13(16-8-6-15(11-18)7-9-16)19-14(2)17-5-4-10-20(3)12-17/h6-9,13-14,17,19H,4-5,10,12H2,1-3H3. The maximum absolute atomic E-state index is 8.84. The molecule has 0 amide bonds. The quantitative estimate of drug-likeness (QED) is 0.915. The highest BCUT2D eigenvalue weighted by Crippen LogP contribution is 2.21. The number of nitriles is 1. The molecule has 3 nitrogen and oxygen atoms in total. The van der Waals surface area contributed by atoms with Crippen molar-refractivity contribution in [2.75, 3.05) is 20.1 Å². The van der Waals surface area contributed by atoms with Gasteiger partial charge in [-0.25, -0.2) is 0 Å². The van der Waals surface area contributed by atoms with Crippen molar-refractivity contribution >= 4 is 0 Å². The Morgan fingerprint density at radius 2 is 2.00 bits per heavy atom. The minimum atomic E-state index is 0.324. The molecule has 0 radical (unpaired) electrons. The van der Waals surface area contributed by atoms with Crippen LogP contribution in [0.5, 0.6) is 0 Å². The molecule has 3 heteroatoms. The third-order valence-corrected chi connectivity index (χ3v) is 4.42. The normalized spacial score (nSPS) is 23.0. The van der Waals surface area contributed by atoms with E-state index in [4.69, 9.17) is 5.26 Å². The first-order chi connectivity index (χ1) is 9.60. The maximum atomic E-state index is 8.84. The summed E-state index contributed by atoms with van der Waals surface area (Å²) < 4.78 is 0. The molecule has 1 N–H and O–H groups in total. The van der Waals surface area contributed by atoms with Crippen LogP contribution in [0.1, 0.15) is 43.9 Å². The van der Waals surface area contributed by atoms with E-state index in [0.717, 1.165) is 11.5 Å². The van der Waals surface area contributed by atoms with Gasteiger partial charge in [0.1, 0.15) is 0 Å². The zero-order chi connectivity index (χ0) is 14.5. The third-order valence-electron chi connectivity index (χ3n) is 4.42. The van der Waals surface area contributed by atoms with Gasteiger partial charge in [-0.2, -0.15) is 5.26 Å². The molecule has 0 aliphatic carbocycles. The molecule has 3 atom stereocenters. The second kappa shape index (κ2) is 6.88. The number of rotatable bonds is 4. The highest BCUT2D eigenvalue weighted by Gasteiger charge is 2.23. The Balaban J connectivity index is 1.92. The van der Waals surface area contributed by atoms with Crippen LogP contribution in [0.3, 0.4) is 0 Å². The van der Waals surface area contributed by atoms with Crippen molar-refractivity contribution in [1.29, 1.82) is 5.26 Å². The highest BCUT2D eigenvalue weighted by molar-refractivity contribution is 5.32. The Morgan fingerprint density at radius 1 is 1.30 bits per heavy atom. The number of hydrogen-bond acceptors (Lipinski definition) is 3. The van der Waals surface area contributed by atoms with Gasteiger partial charge in [-0.1, -0.05) is 12.1 Å². The summed E-state index contributed by atoms with van der Waals surface area (Å²) in [6.45, 7) is 6.91. The van der Waals surface area contributed by atoms with Crippen LogP contribution in [-0.4, -0.2) is 31.1 Å². The van der Waals surface area contributed by atoms with Crippen LogP contribution < -0.4 is 5.32 Å². The van der Waals surface area contributed by atoms with E-state index in [-0.39, 0.29) is 0 Å². The monoisotopic (exact) mass is 271 g/mol. The minimum absolute atomic E-state index is 0.324. The smallest absolute Gasteiger partial charge is 0.0991 e. The van der Waals surface area contributed by atoms with Crippen LogP contribution in [0.2, 0.25) is 0 Å². The Hall–Kier alpha value is -1.37. The Bertz CT molecular complexity index is 460. The number of likely N-dealkylation sites (tertiary alicyclic amines) is 1. The lowest BCUT2D eigenvalue weighted by Crippen LogP contribution is -2.43. The molecule has 0 bridgehead atoms. The van der Waals surface area contributed by atoms with Gasteiger partial charge >= 0.3 is 0 Å². The predicted octanol–water partition coefficient (Wildman–Crippen LogP) is 2.94. The molecule has 3 unspecified atom stereocenters. The van der Waals surface area contributed by atoms with Gasteiger partial charge in [-0.05, 0) is 63.9 Å². The van der Waals surface area contributed by atoms with Crippen LogP contribution in [0.4, 0.5) is 0 Å². The molecule has 0 aromatic heterocycles. The van der Waals surface area contributed by atoms with Crippen molar-refractivity contribution in [3.05, 3.63) is 35.4 Å². The number of benzene rings is 1. The second-order valence-electron chi connectivity index (χ2n) is 6.08. The molecule has 1 fully saturated rings. The molecule has 108 valence electrons. The molecular formula is C17H25N3. The maximum Gasteiger partial charge on any atom is 0.0991 e. The fourth-order valence-corrected chi connectivity index (χ4v) is 3.09. The predicted molar refractivity (Wildman–Crippen MR) is 82.4 cm³/mol. The van der Waals surface area contributed by atoms with E-state index in [9.17, 15) is 0 Å². The van der Waals surface area contributed by atoms with Crippen molar-refractivity contribution in [2.45, 2.75) is 38.8 Å². The number of piperidine rings is 1. The van der Waals surface area contributed by atoms with Gasteiger partial charge in [0.25, 0.3) is 0 Å². The largest absolute Gasteiger partial charge is 0.307 e. The zero-order valence-corrected chi connectivity index (χ0v) is 12.8. The van der Waals surface area contributed by atoms with Crippen LogP contribution in [0.25, 0.3) is 0 Å². The molecule has 1 aliphatic heterocycles. The first-order valence-electron chi connectivity index (χ1n) is 7.55. The number of hydrogen-bond donors (Lipinski definition) is 1. The fourth-order valence-electron chi connectivity index (χ4n) is 3.09. The van der Waals surface area contributed by atoms with Crippen LogP contribution >= 0.6 is 0 Å². The SMILES string of the molecule is CC(NC(C)C1CCCN(C)C1)c1ccc(C#N)cc1. The Morgan fingerprint density at radius 3 is 2.60 bits per heavy atom. The molecule has 20 heavy (non-hydrogen) atoms. The average molecular weight is 271 g/mol. The molecule has 1 saturated heterocycles. The van der Waals surface area contributed by atoms with E-state index in [1.807, 2.05) is 12.1 Å². The van der Waals surface area contributed by atoms with Crippen molar-refractivity contribution in [1.82, 2.24) is 10.2 Å². The highest BCUT2D eigenvalue weighted by atomic mass is 15.1. The van der Waals surface area contributed by atoms with Crippen LogP contribution in [0.15, 0.2) is 24.3 Å². The van der Waals surface area contributed by atoms with Crippen molar-refractivity contribution in [3.63, 3.8) is 0 Å². The second-order valence-corrected chi connectivity index (χ2v) is 6.08. The van der Waals surface area contributed by atoms with Gasteiger partial charge in [0, 0.05) is 18.6 Å². The fraction of sp³-hybridized carbons (Fsp3) is 0.588. The molecule has 2 rings (SSSR count). The first-order valence-corrected chi connectivity index (χ1v) is 7.55. The molecule has 0 saturated carbocycles. The van der Waals surface area contributed by atoms with E-state index in [2.05, 4.69) is 49.3 Å². The lowest BCUT2D eigenvalue weighted by Gasteiger charge is -2.35. The first kappa shape index (κ1) is 15.0. The lowest BCUT2D eigenvalue weighted by molar-refractivity contribution is 0.174. The van der Waals surface area contributed by atoms with Gasteiger partial charge in [0.15, 0.2) is 0 Å². The summed E-state index contributed by atoms with van der Waals surface area (Å²) in [6.07, 6.45) is 2.62. The summed E-state index contributed by atoms with van der Waals surface area (Å²) >= 11 is 0. The van der Waals surface area contributed by atoms with Crippen LogP contribution in [-0.2, 0) is 0 Å². The molecular weight excluding hydrogens is 246 g/mol. The third kappa shape index (κ3) is 3.82. The van der Waals surface area contributed by atoms with Crippen molar-refractivity contribution < 1.29 is 0 Å². The topological polar surface area (TPSA) is 39.1 Å². The summed E-state index contributed by atoms with van der Waals surface area (Å²) in [5, 5.41) is 12.6. The Kier molecular flexibility index (Phi) is 5.17. The van der Waals surface area contributed by atoms with Gasteiger partial charge in [-0.15, -0.1) is 0 Å². The summed E-state index contributed by atoms with van der Waals surface area (Å²) in [5.41, 5.74) is 1.97. The van der Waals surface area contributed by atoms with Gasteiger partial charge in [0.2, 0.25) is 0 Å².